The van der Waals surface area contributed by atoms with E-state index < -0.39 is 0 Å². The highest BCUT2D eigenvalue weighted by molar-refractivity contribution is 6.27. The fourth-order valence-corrected chi connectivity index (χ4v) is 4.07. The van der Waals surface area contributed by atoms with Gasteiger partial charge in [-0.25, -0.2) is 0 Å². The number of hydrogen-bond donors (Lipinski definition) is 1. The summed E-state index contributed by atoms with van der Waals surface area (Å²) in [5.41, 5.74) is 2.02. The molecule has 142 valence electrons. The maximum Gasteiger partial charge on any atom is 0.263 e. The van der Waals surface area contributed by atoms with E-state index in [1.54, 1.807) is 0 Å². The Bertz CT molecular complexity index is 893. The van der Waals surface area contributed by atoms with E-state index in [9.17, 15) is 9.59 Å². The van der Waals surface area contributed by atoms with E-state index in [0.717, 1.165) is 42.3 Å². The number of nitrogens with one attached hydrogen (secondary N) is 1. The number of anilines is 1. The molecule has 1 saturated heterocycles. The zero-order valence-corrected chi connectivity index (χ0v) is 16.0. The van der Waals surface area contributed by atoms with Crippen molar-refractivity contribution in [2.75, 3.05) is 25.0 Å². The molecule has 4 rings (SSSR count). The summed E-state index contributed by atoms with van der Waals surface area (Å²) in [5, 5.41) is 5.11. The highest BCUT2D eigenvalue weighted by Gasteiger charge is 2.34. The summed E-state index contributed by atoms with van der Waals surface area (Å²) in [7, 11) is 0. The molecular weight excluding hydrogens is 340 g/mol. The van der Waals surface area contributed by atoms with Gasteiger partial charge in [-0.15, -0.1) is 0 Å². The number of carbonyl (C=O) groups excluding carboxylic acids is 2. The summed E-state index contributed by atoms with van der Waals surface area (Å²) in [6, 6.07) is 9.59. The Morgan fingerprint density at radius 2 is 2.04 bits per heavy atom. The van der Waals surface area contributed by atoms with Gasteiger partial charge in [0.05, 0.1) is 11.7 Å². The number of nitrogens with zero attached hydrogens (tertiary/aromatic N) is 1. The molecule has 2 amide bonds. The third kappa shape index (κ3) is 3.21. The van der Waals surface area contributed by atoms with Gasteiger partial charge in [0.15, 0.2) is 0 Å². The first-order valence-corrected chi connectivity index (χ1v) is 9.87. The van der Waals surface area contributed by atoms with Gasteiger partial charge in [0.25, 0.3) is 11.8 Å². The van der Waals surface area contributed by atoms with Gasteiger partial charge in [-0.05, 0) is 36.3 Å². The molecule has 0 bridgehead atoms. The molecule has 2 atom stereocenters. The van der Waals surface area contributed by atoms with E-state index in [1.165, 1.54) is 4.90 Å². The molecule has 2 unspecified atom stereocenters. The molecule has 5 heteroatoms. The van der Waals surface area contributed by atoms with Gasteiger partial charge >= 0.3 is 0 Å². The van der Waals surface area contributed by atoms with Crippen molar-refractivity contribution in [3.8, 4) is 0 Å². The van der Waals surface area contributed by atoms with Gasteiger partial charge in [0.2, 0.25) is 0 Å². The minimum Gasteiger partial charge on any atom is -0.382 e. The Morgan fingerprint density at radius 3 is 2.78 bits per heavy atom. The Morgan fingerprint density at radius 1 is 1.19 bits per heavy atom. The average molecular weight is 366 g/mol. The summed E-state index contributed by atoms with van der Waals surface area (Å²) < 4.78 is 5.79. The lowest BCUT2D eigenvalue weighted by molar-refractivity contribution is 0.0609. The second-order valence-electron chi connectivity index (χ2n) is 7.68. The molecule has 2 heterocycles. The van der Waals surface area contributed by atoms with Crippen LogP contribution in [0.3, 0.4) is 0 Å². The number of ether oxygens (including phenoxy) is 1. The molecule has 1 N–H and O–H groups in total. The molecule has 2 aliphatic heterocycles. The fraction of sp³-hybridized carbons (Fsp3) is 0.455. The van der Waals surface area contributed by atoms with E-state index in [2.05, 4.69) is 19.2 Å². The summed E-state index contributed by atoms with van der Waals surface area (Å²) in [6.45, 7) is 6.16. The lowest BCUT2D eigenvalue weighted by Gasteiger charge is -2.29. The smallest absolute Gasteiger partial charge is 0.263 e. The number of benzene rings is 2. The zero-order valence-electron chi connectivity index (χ0n) is 16.0. The summed E-state index contributed by atoms with van der Waals surface area (Å²) in [6.07, 6.45) is 2.93. The van der Waals surface area contributed by atoms with Crippen molar-refractivity contribution in [2.24, 2.45) is 5.92 Å². The number of imide groups is 1. The molecular formula is C22H26N2O3. The second kappa shape index (κ2) is 7.31. The van der Waals surface area contributed by atoms with Crippen molar-refractivity contribution in [1.82, 2.24) is 4.90 Å². The third-order valence-electron chi connectivity index (χ3n) is 5.52. The first kappa shape index (κ1) is 18.0. The highest BCUT2D eigenvalue weighted by Crippen LogP contribution is 2.35. The van der Waals surface area contributed by atoms with Crippen LogP contribution in [0.5, 0.6) is 0 Å². The van der Waals surface area contributed by atoms with Crippen LogP contribution >= 0.6 is 0 Å². The fourth-order valence-electron chi connectivity index (χ4n) is 4.07. The molecule has 0 spiro atoms. The van der Waals surface area contributed by atoms with Gasteiger partial charge in [-0.1, -0.05) is 38.5 Å². The van der Waals surface area contributed by atoms with Crippen LogP contribution < -0.4 is 5.32 Å². The van der Waals surface area contributed by atoms with Gasteiger partial charge in [0, 0.05) is 36.3 Å². The average Bonchev–Trinajstić information content (AvgIpc) is 3.09. The predicted octanol–water partition coefficient (Wildman–Crippen LogP) is 4.07. The molecule has 0 saturated carbocycles. The molecule has 0 aromatic heterocycles. The van der Waals surface area contributed by atoms with Crippen LogP contribution in [0, 0.1) is 5.92 Å². The summed E-state index contributed by atoms with van der Waals surface area (Å²) in [5.74, 6) is 0.194. The molecule has 2 aromatic rings. The summed E-state index contributed by atoms with van der Waals surface area (Å²) >= 11 is 0. The number of carbonyl (C=O) groups is 2. The van der Waals surface area contributed by atoms with Crippen LogP contribution in [0.1, 0.15) is 53.8 Å². The van der Waals surface area contributed by atoms with Crippen molar-refractivity contribution in [2.45, 2.75) is 39.2 Å². The Balaban J connectivity index is 1.72. The predicted molar refractivity (Wildman–Crippen MR) is 106 cm³/mol. The number of rotatable bonds is 6. The SMILES string of the molecule is CCCCN1C(=O)c2cccc3ccc(NCC4CC(C)CO4)c(c23)C1=O. The third-order valence-corrected chi connectivity index (χ3v) is 5.52. The molecule has 2 aromatic carbocycles. The number of hydrogen-bond acceptors (Lipinski definition) is 4. The highest BCUT2D eigenvalue weighted by atomic mass is 16.5. The molecule has 1 fully saturated rings. The molecule has 0 aliphatic carbocycles. The second-order valence-corrected chi connectivity index (χ2v) is 7.68. The van der Waals surface area contributed by atoms with Gasteiger partial charge < -0.3 is 10.1 Å². The summed E-state index contributed by atoms with van der Waals surface area (Å²) in [4.78, 5) is 27.5. The number of unbranched alkanes of at least 4 members (excludes halogenated alkanes) is 1. The van der Waals surface area contributed by atoms with Crippen LogP contribution in [-0.4, -0.2) is 42.5 Å². The molecule has 0 radical (unpaired) electrons. The van der Waals surface area contributed by atoms with Gasteiger partial charge in [0.1, 0.15) is 0 Å². The van der Waals surface area contributed by atoms with E-state index in [0.29, 0.717) is 30.1 Å². The largest absolute Gasteiger partial charge is 0.382 e. The van der Waals surface area contributed by atoms with Crippen LogP contribution in [-0.2, 0) is 4.74 Å². The van der Waals surface area contributed by atoms with Gasteiger partial charge in [-0.2, -0.15) is 0 Å². The van der Waals surface area contributed by atoms with E-state index in [4.69, 9.17) is 4.74 Å². The van der Waals surface area contributed by atoms with E-state index in [-0.39, 0.29) is 17.9 Å². The maximum absolute atomic E-state index is 13.2. The first-order chi connectivity index (χ1) is 13.1. The minimum absolute atomic E-state index is 0.162. The maximum atomic E-state index is 13.2. The van der Waals surface area contributed by atoms with Crippen LogP contribution in [0.4, 0.5) is 5.69 Å². The Hall–Kier alpha value is -2.40. The normalized spacial score (nSPS) is 21.9. The zero-order chi connectivity index (χ0) is 19.0. The van der Waals surface area contributed by atoms with Crippen molar-refractivity contribution in [3.63, 3.8) is 0 Å². The quantitative estimate of drug-likeness (QED) is 0.783. The van der Waals surface area contributed by atoms with Crippen LogP contribution in [0.25, 0.3) is 10.8 Å². The van der Waals surface area contributed by atoms with E-state index >= 15 is 0 Å². The lowest BCUT2D eigenvalue weighted by atomic mass is 9.92. The van der Waals surface area contributed by atoms with Crippen molar-refractivity contribution in [1.29, 1.82) is 0 Å². The molecule has 2 aliphatic rings. The van der Waals surface area contributed by atoms with Crippen molar-refractivity contribution in [3.05, 3.63) is 41.5 Å². The minimum atomic E-state index is -0.194. The van der Waals surface area contributed by atoms with Crippen LogP contribution in [0.2, 0.25) is 0 Å². The first-order valence-electron chi connectivity index (χ1n) is 9.87. The standard InChI is InChI=1S/C22H26N2O3/c1-3-4-10-24-21(25)17-7-5-6-15-8-9-18(20(19(15)17)22(24)26)23-12-16-11-14(2)13-27-16/h5-9,14,16,23H,3-4,10-13H2,1-2H3. The lowest BCUT2D eigenvalue weighted by Crippen LogP contribution is -2.41. The molecule has 5 nitrogen and oxygen atoms in total. The molecule has 27 heavy (non-hydrogen) atoms. The monoisotopic (exact) mass is 366 g/mol. The van der Waals surface area contributed by atoms with E-state index in [1.807, 2.05) is 30.3 Å². The topological polar surface area (TPSA) is 58.6 Å². The van der Waals surface area contributed by atoms with Crippen molar-refractivity contribution < 1.29 is 14.3 Å². The number of amides is 2. The van der Waals surface area contributed by atoms with Crippen molar-refractivity contribution >= 4 is 28.3 Å². The Kier molecular flexibility index (Phi) is 4.87. The Labute approximate surface area is 159 Å². The van der Waals surface area contributed by atoms with Gasteiger partial charge in [-0.3, -0.25) is 14.5 Å². The van der Waals surface area contributed by atoms with Crippen LogP contribution in [0.15, 0.2) is 30.3 Å².